The molecule has 8 nitrogen and oxygen atoms in total. The first-order valence-electron chi connectivity index (χ1n) is 12.6. The van der Waals surface area contributed by atoms with Gasteiger partial charge in [0.2, 0.25) is 0 Å². The van der Waals surface area contributed by atoms with Gasteiger partial charge in [-0.1, -0.05) is 18.2 Å². The largest absolute Gasteiger partial charge is 0.457 e. The second-order valence-electron chi connectivity index (χ2n) is 9.54. The van der Waals surface area contributed by atoms with Gasteiger partial charge in [-0.15, -0.1) is 0 Å². The molecule has 2 aliphatic heterocycles. The number of nitrogens with two attached hydrogens (primary N) is 1. The SMILES string of the molecule is Nc1ncnc2c1c(-c1ccc(Oc3ccccc3)cc1)nn2C1CCN(C2CCNCC2)CC1F. The fourth-order valence-electron chi connectivity index (χ4n) is 5.43. The molecule has 0 saturated carbocycles. The highest BCUT2D eigenvalue weighted by Gasteiger charge is 2.36. The quantitative estimate of drug-likeness (QED) is 0.436. The summed E-state index contributed by atoms with van der Waals surface area (Å²) >= 11 is 0. The van der Waals surface area contributed by atoms with Crippen molar-refractivity contribution in [1.29, 1.82) is 0 Å². The van der Waals surface area contributed by atoms with Crippen LogP contribution in [0.2, 0.25) is 0 Å². The Morgan fingerprint density at radius 2 is 1.69 bits per heavy atom. The topological polar surface area (TPSA) is 94.1 Å². The van der Waals surface area contributed by atoms with Crippen LogP contribution in [-0.4, -0.2) is 63.0 Å². The van der Waals surface area contributed by atoms with Crippen LogP contribution < -0.4 is 15.8 Å². The fourth-order valence-corrected chi connectivity index (χ4v) is 5.43. The van der Waals surface area contributed by atoms with Crippen LogP contribution >= 0.6 is 0 Å². The molecule has 2 aliphatic rings. The Balaban J connectivity index is 1.29. The predicted octanol–water partition coefficient (Wildman–Crippen LogP) is 4.20. The van der Waals surface area contributed by atoms with E-state index in [2.05, 4.69) is 20.2 Å². The van der Waals surface area contributed by atoms with E-state index in [9.17, 15) is 0 Å². The summed E-state index contributed by atoms with van der Waals surface area (Å²) in [6, 6.07) is 17.3. The smallest absolute Gasteiger partial charge is 0.164 e. The number of nitrogen functional groups attached to an aromatic ring is 1. The van der Waals surface area contributed by atoms with Crippen molar-refractivity contribution in [3.8, 4) is 22.8 Å². The van der Waals surface area contributed by atoms with Gasteiger partial charge < -0.3 is 15.8 Å². The Hall–Kier alpha value is -3.56. The van der Waals surface area contributed by atoms with Crippen LogP contribution in [0.15, 0.2) is 60.9 Å². The highest BCUT2D eigenvalue weighted by atomic mass is 19.1. The number of aromatic nitrogens is 4. The minimum Gasteiger partial charge on any atom is -0.457 e. The third-order valence-electron chi connectivity index (χ3n) is 7.30. The Kier molecular flexibility index (Phi) is 6.25. The van der Waals surface area contributed by atoms with E-state index < -0.39 is 12.2 Å². The number of benzene rings is 2. The first-order valence-corrected chi connectivity index (χ1v) is 12.6. The Labute approximate surface area is 209 Å². The highest BCUT2D eigenvalue weighted by Crippen LogP contribution is 2.36. The van der Waals surface area contributed by atoms with Crippen LogP contribution in [0.4, 0.5) is 10.2 Å². The van der Waals surface area contributed by atoms with Gasteiger partial charge in [0.25, 0.3) is 0 Å². The summed E-state index contributed by atoms with van der Waals surface area (Å²) < 4.78 is 23.3. The molecule has 2 unspecified atom stereocenters. The number of piperidine rings is 2. The summed E-state index contributed by atoms with van der Waals surface area (Å²) in [5.41, 5.74) is 8.37. The van der Waals surface area contributed by atoms with Crippen LogP contribution in [0, 0.1) is 0 Å². The second kappa shape index (κ2) is 9.83. The normalized spacial score (nSPS) is 21.6. The number of alkyl halides is 1. The lowest BCUT2D eigenvalue weighted by Gasteiger charge is -2.41. The number of hydrogen-bond donors (Lipinski definition) is 2. The number of para-hydroxylation sites is 1. The number of nitrogens with zero attached hydrogens (tertiary/aromatic N) is 5. The number of likely N-dealkylation sites (tertiary alicyclic amines) is 1. The summed E-state index contributed by atoms with van der Waals surface area (Å²) in [6.07, 6.45) is 3.20. The number of fused-ring (bicyclic) bond motifs is 1. The van der Waals surface area contributed by atoms with Crippen molar-refractivity contribution in [3.63, 3.8) is 0 Å². The maximum atomic E-state index is 15.6. The molecule has 0 bridgehead atoms. The highest BCUT2D eigenvalue weighted by molar-refractivity contribution is 5.98. The maximum Gasteiger partial charge on any atom is 0.164 e. The minimum absolute atomic E-state index is 0.341. The van der Waals surface area contributed by atoms with Gasteiger partial charge >= 0.3 is 0 Å². The molecule has 3 N–H and O–H groups in total. The van der Waals surface area contributed by atoms with Crippen LogP contribution in [0.5, 0.6) is 11.5 Å². The molecular weight excluding hydrogens is 457 g/mol. The summed E-state index contributed by atoms with van der Waals surface area (Å²) in [4.78, 5) is 11.0. The van der Waals surface area contributed by atoms with Crippen molar-refractivity contribution in [2.24, 2.45) is 0 Å². The van der Waals surface area contributed by atoms with E-state index in [0.29, 0.717) is 47.3 Å². The number of hydrogen-bond acceptors (Lipinski definition) is 7. The number of rotatable bonds is 5. The molecule has 2 aromatic heterocycles. The van der Waals surface area contributed by atoms with Crippen molar-refractivity contribution in [2.45, 2.75) is 37.5 Å². The molecule has 4 aromatic rings. The maximum absolute atomic E-state index is 15.6. The van der Waals surface area contributed by atoms with Crippen LogP contribution in [-0.2, 0) is 0 Å². The zero-order chi connectivity index (χ0) is 24.5. The summed E-state index contributed by atoms with van der Waals surface area (Å²) in [5.74, 6) is 1.82. The van der Waals surface area contributed by atoms with Gasteiger partial charge in [0.1, 0.15) is 35.5 Å². The molecule has 2 aromatic carbocycles. The molecule has 2 fully saturated rings. The molecule has 36 heavy (non-hydrogen) atoms. The average Bonchev–Trinajstić information content (AvgIpc) is 3.31. The predicted molar refractivity (Wildman–Crippen MR) is 138 cm³/mol. The summed E-state index contributed by atoms with van der Waals surface area (Å²) in [5, 5.41) is 8.92. The lowest BCUT2D eigenvalue weighted by molar-refractivity contribution is 0.0472. The number of ether oxygens (including phenoxy) is 1. The average molecular weight is 488 g/mol. The zero-order valence-corrected chi connectivity index (χ0v) is 20.1. The molecule has 0 aliphatic carbocycles. The molecule has 0 amide bonds. The molecular formula is C27H30FN7O. The van der Waals surface area contributed by atoms with Gasteiger partial charge in [-0.25, -0.2) is 19.0 Å². The Morgan fingerprint density at radius 3 is 2.44 bits per heavy atom. The third-order valence-corrected chi connectivity index (χ3v) is 7.30. The van der Waals surface area contributed by atoms with E-state index in [1.165, 1.54) is 6.33 Å². The molecule has 9 heteroatoms. The van der Waals surface area contributed by atoms with E-state index in [0.717, 1.165) is 43.8 Å². The molecule has 0 spiro atoms. The molecule has 2 atom stereocenters. The lowest BCUT2D eigenvalue weighted by atomic mass is 9.97. The van der Waals surface area contributed by atoms with E-state index in [-0.39, 0.29) is 0 Å². The molecule has 4 heterocycles. The fraction of sp³-hybridized carbons (Fsp3) is 0.370. The van der Waals surface area contributed by atoms with Gasteiger partial charge in [-0.05, 0) is 68.8 Å². The summed E-state index contributed by atoms with van der Waals surface area (Å²) in [7, 11) is 0. The Bertz CT molecular complexity index is 1320. The number of halogens is 1. The molecule has 6 rings (SSSR count). The van der Waals surface area contributed by atoms with Gasteiger partial charge in [0, 0.05) is 24.7 Å². The van der Waals surface area contributed by atoms with Crippen molar-refractivity contribution < 1.29 is 9.13 Å². The van der Waals surface area contributed by atoms with Gasteiger partial charge in [-0.3, -0.25) is 4.90 Å². The van der Waals surface area contributed by atoms with Crippen molar-refractivity contribution in [2.75, 3.05) is 31.9 Å². The minimum atomic E-state index is -1.04. The first-order chi connectivity index (χ1) is 17.7. The van der Waals surface area contributed by atoms with E-state index in [1.807, 2.05) is 54.6 Å². The first kappa shape index (κ1) is 22.9. The Morgan fingerprint density at radius 1 is 0.944 bits per heavy atom. The van der Waals surface area contributed by atoms with Gasteiger partial charge in [-0.2, -0.15) is 5.10 Å². The standard InChI is InChI=1S/C27H30FN7O/c28-22-16-34(19-10-13-30-14-11-19)15-12-23(22)35-27-24(26(29)31-17-32-27)25(33-35)18-6-8-21(9-7-18)36-20-4-2-1-3-5-20/h1-9,17,19,22-23,30H,10-16H2,(H2,29,31,32). The van der Waals surface area contributed by atoms with E-state index >= 15 is 4.39 Å². The zero-order valence-electron chi connectivity index (χ0n) is 20.1. The molecule has 186 valence electrons. The van der Waals surface area contributed by atoms with E-state index in [4.69, 9.17) is 15.6 Å². The summed E-state index contributed by atoms with van der Waals surface area (Å²) in [6.45, 7) is 3.26. The van der Waals surface area contributed by atoms with Gasteiger partial charge in [0.15, 0.2) is 5.65 Å². The van der Waals surface area contributed by atoms with Crippen molar-refractivity contribution >= 4 is 16.9 Å². The van der Waals surface area contributed by atoms with Crippen LogP contribution in [0.3, 0.4) is 0 Å². The lowest BCUT2D eigenvalue weighted by Crippen LogP contribution is -2.50. The van der Waals surface area contributed by atoms with Crippen LogP contribution in [0.25, 0.3) is 22.3 Å². The van der Waals surface area contributed by atoms with E-state index in [1.54, 1.807) is 4.68 Å². The monoisotopic (exact) mass is 487 g/mol. The number of nitrogens with one attached hydrogen (secondary N) is 1. The van der Waals surface area contributed by atoms with Crippen molar-refractivity contribution in [3.05, 3.63) is 60.9 Å². The second-order valence-corrected chi connectivity index (χ2v) is 9.54. The van der Waals surface area contributed by atoms with Gasteiger partial charge in [0.05, 0.1) is 11.4 Å². The third kappa shape index (κ3) is 4.40. The van der Waals surface area contributed by atoms with Crippen LogP contribution in [0.1, 0.15) is 25.3 Å². The van der Waals surface area contributed by atoms with Crippen molar-refractivity contribution in [1.82, 2.24) is 30.0 Å². The molecule has 2 saturated heterocycles. The molecule has 0 radical (unpaired) electrons. The number of anilines is 1.